The Balaban J connectivity index is 1.43. The van der Waals surface area contributed by atoms with Crippen molar-refractivity contribution < 1.29 is 4.79 Å². The number of amides is 1. The lowest BCUT2D eigenvalue weighted by molar-refractivity contribution is -0.154. The summed E-state index contributed by atoms with van der Waals surface area (Å²) >= 11 is 0. The van der Waals surface area contributed by atoms with E-state index < -0.39 is 0 Å². The van der Waals surface area contributed by atoms with Crippen LogP contribution in [0.15, 0.2) is 29.1 Å². The molecule has 30 heavy (non-hydrogen) atoms. The van der Waals surface area contributed by atoms with Gasteiger partial charge >= 0.3 is 0 Å². The SMILES string of the molecule is CC(C)c1nn(NC(=O)CC23CC4CC(C)(CC(C)(C4)C2)C3)c(=O)c2ccccc12. The molecule has 2 atom stereocenters. The first kappa shape index (κ1) is 19.8. The predicted molar refractivity (Wildman–Crippen MR) is 119 cm³/mol. The number of rotatable bonds is 4. The van der Waals surface area contributed by atoms with Gasteiger partial charge in [-0.1, -0.05) is 45.9 Å². The Morgan fingerprint density at radius 1 is 1.10 bits per heavy atom. The van der Waals surface area contributed by atoms with E-state index in [-0.39, 0.29) is 22.8 Å². The van der Waals surface area contributed by atoms with Gasteiger partial charge in [-0.2, -0.15) is 5.10 Å². The van der Waals surface area contributed by atoms with Gasteiger partial charge in [0.15, 0.2) is 0 Å². The molecule has 6 rings (SSSR count). The number of aromatic nitrogens is 2. The number of nitrogens with one attached hydrogen (secondary N) is 1. The molecular formula is C25H33N3O2. The fraction of sp³-hybridized carbons (Fsp3) is 0.640. The molecule has 2 unspecified atom stereocenters. The summed E-state index contributed by atoms with van der Waals surface area (Å²) < 4.78 is 0. The fourth-order valence-corrected chi connectivity index (χ4v) is 8.10. The van der Waals surface area contributed by atoms with Crippen LogP contribution in [0.2, 0.25) is 0 Å². The van der Waals surface area contributed by atoms with Gasteiger partial charge in [-0.3, -0.25) is 9.59 Å². The van der Waals surface area contributed by atoms with Crippen molar-refractivity contribution in [2.24, 2.45) is 22.2 Å². The molecule has 4 fully saturated rings. The molecule has 1 aromatic carbocycles. The highest BCUT2D eigenvalue weighted by molar-refractivity contribution is 5.86. The maximum Gasteiger partial charge on any atom is 0.294 e. The van der Waals surface area contributed by atoms with Gasteiger partial charge in [-0.15, -0.1) is 4.79 Å². The normalized spacial score (nSPS) is 34.6. The van der Waals surface area contributed by atoms with Crippen LogP contribution in [0.3, 0.4) is 0 Å². The van der Waals surface area contributed by atoms with Gasteiger partial charge in [0.05, 0.1) is 11.1 Å². The highest BCUT2D eigenvalue weighted by Gasteiger charge is 2.60. The second kappa shape index (κ2) is 6.41. The molecule has 2 aromatic rings. The molecule has 0 saturated heterocycles. The molecule has 1 N–H and O–H groups in total. The number of nitrogens with zero attached hydrogens (tertiary/aromatic N) is 2. The minimum Gasteiger partial charge on any atom is -0.273 e. The number of carbonyl (C=O) groups is 1. The van der Waals surface area contributed by atoms with Crippen LogP contribution in [-0.4, -0.2) is 15.8 Å². The quantitative estimate of drug-likeness (QED) is 0.778. The Morgan fingerprint density at radius 3 is 2.33 bits per heavy atom. The zero-order valence-corrected chi connectivity index (χ0v) is 18.6. The van der Waals surface area contributed by atoms with Gasteiger partial charge in [0, 0.05) is 11.8 Å². The fourth-order valence-electron chi connectivity index (χ4n) is 8.10. The number of hydrogen-bond acceptors (Lipinski definition) is 3. The van der Waals surface area contributed by atoms with Crippen molar-refractivity contribution in [1.82, 2.24) is 9.89 Å². The summed E-state index contributed by atoms with van der Waals surface area (Å²) in [7, 11) is 0. The van der Waals surface area contributed by atoms with E-state index in [9.17, 15) is 9.59 Å². The lowest BCUT2D eigenvalue weighted by Gasteiger charge is -2.65. The Hall–Kier alpha value is -2.17. The van der Waals surface area contributed by atoms with Crippen LogP contribution in [0.4, 0.5) is 0 Å². The van der Waals surface area contributed by atoms with E-state index in [4.69, 9.17) is 0 Å². The van der Waals surface area contributed by atoms with Crippen LogP contribution in [0, 0.1) is 22.2 Å². The zero-order chi connectivity index (χ0) is 21.3. The smallest absolute Gasteiger partial charge is 0.273 e. The maximum absolute atomic E-state index is 13.2. The Morgan fingerprint density at radius 2 is 1.73 bits per heavy atom. The molecule has 160 valence electrons. The van der Waals surface area contributed by atoms with Crippen molar-refractivity contribution in [1.29, 1.82) is 0 Å². The van der Waals surface area contributed by atoms with Crippen LogP contribution >= 0.6 is 0 Å². The predicted octanol–water partition coefficient (Wildman–Crippen LogP) is 4.98. The van der Waals surface area contributed by atoms with E-state index >= 15 is 0 Å². The second-order valence-corrected chi connectivity index (χ2v) is 11.6. The number of carbonyl (C=O) groups excluding carboxylic acids is 1. The van der Waals surface area contributed by atoms with Crippen LogP contribution in [0.1, 0.15) is 84.3 Å². The van der Waals surface area contributed by atoms with E-state index in [1.165, 1.54) is 24.1 Å². The minimum atomic E-state index is -0.257. The minimum absolute atomic E-state index is 0.0777. The monoisotopic (exact) mass is 407 g/mol. The summed E-state index contributed by atoms with van der Waals surface area (Å²) in [5.41, 5.74) is 4.25. The number of benzene rings is 1. The molecule has 4 aliphatic carbocycles. The van der Waals surface area contributed by atoms with E-state index in [2.05, 4.69) is 38.2 Å². The van der Waals surface area contributed by atoms with Gasteiger partial charge in [0.1, 0.15) is 0 Å². The van der Waals surface area contributed by atoms with E-state index in [0.717, 1.165) is 36.3 Å². The van der Waals surface area contributed by atoms with E-state index in [1.807, 2.05) is 24.3 Å². The standard InChI is InChI=1S/C25H33N3O2/c1-16(2)21-18-7-5-6-8-19(18)22(30)28(27-21)26-20(29)12-25-11-17-9-23(3,14-25)13-24(4,10-17)15-25/h5-8,16-17H,9-15H2,1-4H3,(H,26,29). The third-order valence-electron chi connectivity index (χ3n) is 7.89. The van der Waals surface area contributed by atoms with Crippen molar-refractivity contribution in [2.75, 3.05) is 5.43 Å². The molecule has 1 amide bonds. The van der Waals surface area contributed by atoms with E-state index in [0.29, 0.717) is 22.6 Å². The van der Waals surface area contributed by atoms with Crippen LogP contribution in [0.25, 0.3) is 10.8 Å². The molecule has 4 saturated carbocycles. The molecule has 4 bridgehead atoms. The Labute approximate surface area is 178 Å². The second-order valence-electron chi connectivity index (χ2n) is 11.6. The lowest BCUT2D eigenvalue weighted by atomic mass is 9.40. The highest BCUT2D eigenvalue weighted by Crippen LogP contribution is 2.70. The molecule has 0 spiro atoms. The molecule has 5 heteroatoms. The largest absolute Gasteiger partial charge is 0.294 e. The summed E-state index contributed by atoms with van der Waals surface area (Å²) in [5, 5.41) is 6.00. The first-order chi connectivity index (χ1) is 14.1. The lowest BCUT2D eigenvalue weighted by Crippen LogP contribution is -2.56. The van der Waals surface area contributed by atoms with Gasteiger partial charge in [-0.05, 0) is 72.7 Å². The van der Waals surface area contributed by atoms with Crippen LogP contribution in [-0.2, 0) is 4.79 Å². The van der Waals surface area contributed by atoms with E-state index in [1.54, 1.807) is 0 Å². The maximum atomic E-state index is 13.2. The van der Waals surface area contributed by atoms with Gasteiger partial charge < -0.3 is 0 Å². The zero-order valence-electron chi connectivity index (χ0n) is 18.6. The van der Waals surface area contributed by atoms with Gasteiger partial charge in [-0.25, -0.2) is 5.43 Å². The van der Waals surface area contributed by atoms with Gasteiger partial charge in [0.2, 0.25) is 5.91 Å². The highest BCUT2D eigenvalue weighted by atomic mass is 16.2. The van der Waals surface area contributed by atoms with Crippen LogP contribution in [0.5, 0.6) is 0 Å². The van der Waals surface area contributed by atoms with Crippen molar-refractivity contribution >= 4 is 16.7 Å². The summed E-state index contributed by atoms with van der Waals surface area (Å²) in [6.45, 7) is 8.96. The Kier molecular flexibility index (Phi) is 4.23. The molecular weight excluding hydrogens is 374 g/mol. The first-order valence-corrected chi connectivity index (χ1v) is 11.4. The van der Waals surface area contributed by atoms with Crippen LogP contribution < -0.4 is 11.0 Å². The Bertz CT molecular complexity index is 1070. The third-order valence-corrected chi connectivity index (χ3v) is 7.89. The molecule has 0 radical (unpaired) electrons. The topological polar surface area (TPSA) is 64.0 Å². The molecule has 1 heterocycles. The third kappa shape index (κ3) is 3.17. The summed E-state index contributed by atoms with van der Waals surface area (Å²) in [5.74, 6) is 0.823. The average molecular weight is 408 g/mol. The number of hydrogen-bond donors (Lipinski definition) is 1. The van der Waals surface area contributed by atoms with Gasteiger partial charge in [0.25, 0.3) is 5.56 Å². The van der Waals surface area contributed by atoms with Crippen molar-refractivity contribution in [3.8, 4) is 0 Å². The van der Waals surface area contributed by atoms with Crippen molar-refractivity contribution in [3.63, 3.8) is 0 Å². The molecule has 5 nitrogen and oxygen atoms in total. The number of fused-ring (bicyclic) bond motifs is 1. The first-order valence-electron chi connectivity index (χ1n) is 11.4. The summed E-state index contributed by atoms with van der Waals surface area (Å²) in [6.07, 6.45) is 7.84. The molecule has 4 aliphatic rings. The molecule has 0 aliphatic heterocycles. The molecule has 1 aromatic heterocycles. The van der Waals surface area contributed by atoms with Crippen molar-refractivity contribution in [2.45, 2.75) is 78.6 Å². The average Bonchev–Trinajstić information content (AvgIpc) is 2.60. The van der Waals surface area contributed by atoms with Crippen molar-refractivity contribution in [3.05, 3.63) is 40.3 Å². The summed E-state index contributed by atoms with van der Waals surface area (Å²) in [6, 6.07) is 7.53. The summed E-state index contributed by atoms with van der Waals surface area (Å²) in [4.78, 5) is 27.3.